The van der Waals surface area contributed by atoms with Crippen LogP contribution in [0, 0.1) is 24.7 Å². The lowest BCUT2D eigenvalue weighted by atomic mass is 10.1. The number of hydrogen-bond donors (Lipinski definition) is 5. The van der Waals surface area contributed by atoms with Crippen LogP contribution in [-0.4, -0.2) is 11.9 Å². The van der Waals surface area contributed by atoms with Crippen molar-refractivity contribution in [3.05, 3.63) is 29.3 Å². The van der Waals surface area contributed by atoms with Gasteiger partial charge in [-0.15, -0.1) is 0 Å². The molecule has 1 aromatic carbocycles. The molecular formula is C10H15N5. The molecule has 0 aliphatic carbocycles. The molecule has 0 spiro atoms. The number of nitrogens with one attached hydrogen (secondary N) is 4. The van der Waals surface area contributed by atoms with Gasteiger partial charge in [-0.2, -0.15) is 0 Å². The molecule has 15 heavy (non-hydrogen) atoms. The monoisotopic (exact) mass is 205 g/mol. The molecule has 0 aromatic heterocycles. The van der Waals surface area contributed by atoms with Crippen molar-refractivity contribution in [3.63, 3.8) is 0 Å². The number of nitrogens with two attached hydrogens (primary N) is 1. The van der Waals surface area contributed by atoms with Crippen molar-refractivity contribution in [2.24, 2.45) is 5.73 Å². The maximum atomic E-state index is 7.51. The van der Waals surface area contributed by atoms with Crippen LogP contribution in [0.25, 0.3) is 0 Å². The van der Waals surface area contributed by atoms with E-state index in [0.717, 1.165) is 16.8 Å². The van der Waals surface area contributed by atoms with Gasteiger partial charge in [-0.25, -0.2) is 0 Å². The molecule has 1 rings (SSSR count). The molecule has 0 aliphatic heterocycles. The van der Waals surface area contributed by atoms with Crippen LogP contribution in [0.5, 0.6) is 0 Å². The molecule has 0 saturated carbocycles. The summed E-state index contributed by atoms with van der Waals surface area (Å²) in [6, 6.07) is 5.87. The molecule has 0 amide bonds. The Hall–Kier alpha value is -2.04. The fraction of sp³-hybridized carbons (Fsp3) is 0.200. The lowest BCUT2D eigenvalue weighted by Crippen LogP contribution is -2.39. The van der Waals surface area contributed by atoms with E-state index in [4.69, 9.17) is 16.6 Å². The second-order valence-corrected chi connectivity index (χ2v) is 3.31. The molecule has 0 unspecified atom stereocenters. The van der Waals surface area contributed by atoms with Gasteiger partial charge in [0.05, 0.1) is 0 Å². The summed E-state index contributed by atoms with van der Waals surface area (Å²) < 4.78 is 0. The van der Waals surface area contributed by atoms with Crippen LogP contribution in [0.15, 0.2) is 18.2 Å². The molecule has 0 bridgehead atoms. The smallest absolute Gasteiger partial charge is 0.199 e. The second-order valence-electron chi connectivity index (χ2n) is 3.31. The summed E-state index contributed by atoms with van der Waals surface area (Å²) in [6.07, 6.45) is 0. The SMILES string of the molecule is Cc1cccc(C)c1NC(=N)NC(=N)N. The van der Waals surface area contributed by atoms with Crippen LogP contribution in [0.1, 0.15) is 11.1 Å². The molecule has 6 N–H and O–H groups in total. The molecule has 0 aliphatic rings. The van der Waals surface area contributed by atoms with Gasteiger partial charge in [-0.05, 0) is 25.0 Å². The van der Waals surface area contributed by atoms with Crippen molar-refractivity contribution in [1.29, 1.82) is 10.8 Å². The average molecular weight is 205 g/mol. The highest BCUT2D eigenvalue weighted by atomic mass is 15.2. The Morgan fingerprint density at radius 3 is 2.20 bits per heavy atom. The zero-order chi connectivity index (χ0) is 11.4. The highest BCUT2D eigenvalue weighted by Gasteiger charge is 2.04. The van der Waals surface area contributed by atoms with Crippen LogP contribution < -0.4 is 16.4 Å². The van der Waals surface area contributed by atoms with E-state index in [1.807, 2.05) is 32.0 Å². The summed E-state index contributed by atoms with van der Waals surface area (Å²) >= 11 is 0. The molecule has 0 atom stereocenters. The van der Waals surface area contributed by atoms with Crippen molar-refractivity contribution in [3.8, 4) is 0 Å². The fourth-order valence-corrected chi connectivity index (χ4v) is 1.30. The minimum atomic E-state index is -0.251. The fourth-order valence-electron chi connectivity index (χ4n) is 1.30. The molecule has 0 saturated heterocycles. The minimum absolute atomic E-state index is 0.0000926. The van der Waals surface area contributed by atoms with Crippen molar-refractivity contribution in [1.82, 2.24) is 5.32 Å². The van der Waals surface area contributed by atoms with Crippen LogP contribution in [0.2, 0.25) is 0 Å². The molecule has 0 heterocycles. The quantitative estimate of drug-likeness (QED) is 0.351. The summed E-state index contributed by atoms with van der Waals surface area (Å²) in [5.41, 5.74) is 8.08. The first-order valence-electron chi connectivity index (χ1n) is 4.53. The predicted octanol–water partition coefficient (Wildman–Crippen LogP) is 1.13. The number of rotatable bonds is 1. The standard InChI is InChI=1S/C10H15N5/c1-6-4-3-5-7(2)8(6)14-10(13)15-9(11)12/h3-5H,1-2H3,(H6,11,12,13,14,15). The number of benzene rings is 1. The zero-order valence-electron chi connectivity index (χ0n) is 8.81. The van der Waals surface area contributed by atoms with Crippen LogP contribution in [0.3, 0.4) is 0 Å². The van der Waals surface area contributed by atoms with Gasteiger partial charge in [0.2, 0.25) is 0 Å². The lowest BCUT2D eigenvalue weighted by Gasteiger charge is -2.13. The molecule has 0 fully saturated rings. The first-order chi connectivity index (χ1) is 7.00. The average Bonchev–Trinajstić information content (AvgIpc) is 2.10. The van der Waals surface area contributed by atoms with Gasteiger partial charge >= 0.3 is 0 Å². The van der Waals surface area contributed by atoms with Crippen LogP contribution in [0.4, 0.5) is 5.69 Å². The van der Waals surface area contributed by atoms with E-state index in [-0.39, 0.29) is 11.9 Å². The molecular weight excluding hydrogens is 190 g/mol. The van der Waals surface area contributed by atoms with E-state index >= 15 is 0 Å². The zero-order valence-corrected chi connectivity index (χ0v) is 8.81. The third-order valence-corrected chi connectivity index (χ3v) is 1.99. The Bertz CT molecular complexity index is 377. The van der Waals surface area contributed by atoms with E-state index in [9.17, 15) is 0 Å². The van der Waals surface area contributed by atoms with E-state index in [2.05, 4.69) is 10.6 Å². The number of guanidine groups is 2. The maximum Gasteiger partial charge on any atom is 0.199 e. The van der Waals surface area contributed by atoms with Gasteiger partial charge < -0.3 is 11.1 Å². The molecule has 80 valence electrons. The van der Waals surface area contributed by atoms with E-state index in [0.29, 0.717) is 0 Å². The number of para-hydroxylation sites is 1. The summed E-state index contributed by atoms with van der Waals surface area (Å²) in [6.45, 7) is 3.91. The van der Waals surface area contributed by atoms with Gasteiger partial charge in [-0.1, -0.05) is 18.2 Å². The van der Waals surface area contributed by atoms with Crippen molar-refractivity contribution < 1.29 is 0 Å². The summed E-state index contributed by atoms with van der Waals surface area (Å²) in [5, 5.41) is 19.7. The Labute approximate surface area is 88.7 Å². The van der Waals surface area contributed by atoms with Gasteiger partial charge in [0.25, 0.3) is 0 Å². The Morgan fingerprint density at radius 1 is 1.20 bits per heavy atom. The molecule has 0 radical (unpaired) electrons. The van der Waals surface area contributed by atoms with Crippen molar-refractivity contribution in [2.45, 2.75) is 13.8 Å². The summed E-state index contributed by atoms with van der Waals surface area (Å²) in [5.74, 6) is -0.251. The summed E-state index contributed by atoms with van der Waals surface area (Å²) in [4.78, 5) is 0. The third-order valence-electron chi connectivity index (χ3n) is 1.99. The van der Waals surface area contributed by atoms with Gasteiger partial charge in [-0.3, -0.25) is 16.1 Å². The molecule has 5 nitrogen and oxygen atoms in total. The van der Waals surface area contributed by atoms with E-state index in [1.54, 1.807) is 0 Å². The van der Waals surface area contributed by atoms with E-state index in [1.165, 1.54) is 0 Å². The number of hydrogen-bond acceptors (Lipinski definition) is 2. The largest absolute Gasteiger partial charge is 0.370 e. The Kier molecular flexibility index (Phi) is 3.28. The second kappa shape index (κ2) is 4.45. The Morgan fingerprint density at radius 2 is 1.73 bits per heavy atom. The van der Waals surface area contributed by atoms with Crippen LogP contribution in [-0.2, 0) is 0 Å². The number of anilines is 1. The molecule has 1 aromatic rings. The summed E-state index contributed by atoms with van der Waals surface area (Å²) in [7, 11) is 0. The van der Waals surface area contributed by atoms with E-state index < -0.39 is 0 Å². The van der Waals surface area contributed by atoms with Crippen molar-refractivity contribution in [2.75, 3.05) is 5.32 Å². The highest BCUT2D eigenvalue weighted by Crippen LogP contribution is 2.18. The predicted molar refractivity (Wildman–Crippen MR) is 62.3 cm³/mol. The van der Waals surface area contributed by atoms with Crippen LogP contribution >= 0.6 is 0 Å². The Balaban J connectivity index is 2.80. The normalized spacial score (nSPS) is 9.47. The maximum absolute atomic E-state index is 7.51. The van der Waals surface area contributed by atoms with Gasteiger partial charge in [0, 0.05) is 5.69 Å². The highest BCUT2D eigenvalue weighted by molar-refractivity contribution is 6.02. The number of aryl methyl sites for hydroxylation is 2. The van der Waals surface area contributed by atoms with Gasteiger partial charge in [0.1, 0.15) is 0 Å². The first-order valence-corrected chi connectivity index (χ1v) is 4.53. The van der Waals surface area contributed by atoms with Gasteiger partial charge in [0.15, 0.2) is 11.9 Å². The minimum Gasteiger partial charge on any atom is -0.370 e. The third kappa shape index (κ3) is 2.98. The lowest BCUT2D eigenvalue weighted by molar-refractivity contribution is 1.20. The molecule has 5 heteroatoms. The topological polar surface area (TPSA) is 97.8 Å². The van der Waals surface area contributed by atoms with Crippen molar-refractivity contribution >= 4 is 17.6 Å². The first kappa shape index (κ1) is 11.0.